The second-order valence-corrected chi connectivity index (χ2v) is 8.25. The van der Waals surface area contributed by atoms with Gasteiger partial charge in [0.2, 0.25) is 0 Å². The molecule has 0 aliphatic rings. The van der Waals surface area contributed by atoms with Gasteiger partial charge >= 0.3 is 0 Å². The molecule has 1 atom stereocenters. The monoisotopic (exact) mass is 559 g/mol. The molecule has 0 radical (unpaired) electrons. The molecule has 0 saturated heterocycles. The summed E-state index contributed by atoms with van der Waals surface area (Å²) in [5, 5.41) is 4.26. The van der Waals surface area contributed by atoms with E-state index in [0.717, 1.165) is 11.0 Å². The molecule has 4 aromatic rings. The molecule has 1 N–H and O–H groups in total. The number of halogens is 2. The number of rotatable bonds is 6. The lowest BCUT2D eigenvalue weighted by Gasteiger charge is -2.21. The number of anilines is 2. The number of nitrogens with one attached hydrogen (secondary N) is 1. The van der Waals surface area contributed by atoms with Crippen molar-refractivity contribution >= 4 is 49.2 Å². The van der Waals surface area contributed by atoms with Crippen molar-refractivity contribution in [3.8, 4) is 5.75 Å². The fraction of sp³-hybridized carbons (Fsp3) is 0.393. The Kier molecular flexibility index (Phi) is 13.9. The summed E-state index contributed by atoms with van der Waals surface area (Å²) in [5.41, 5.74) is 1.60. The molecule has 2 aromatic heterocycles. The third-order valence-corrected chi connectivity index (χ3v) is 5.05. The van der Waals surface area contributed by atoms with Gasteiger partial charge in [0, 0.05) is 22.6 Å². The average Bonchev–Trinajstić information content (AvgIpc) is 2.89. The van der Waals surface area contributed by atoms with E-state index in [1.54, 1.807) is 30.5 Å². The first-order valence-electron chi connectivity index (χ1n) is 12.5. The van der Waals surface area contributed by atoms with E-state index in [1.165, 1.54) is 6.33 Å². The summed E-state index contributed by atoms with van der Waals surface area (Å²) >= 11 is 3.52. The Morgan fingerprint density at radius 2 is 1.67 bits per heavy atom. The molecule has 0 aliphatic heterocycles. The lowest BCUT2D eigenvalue weighted by atomic mass is 10.1. The maximum Gasteiger partial charge on any atom is 0.156 e. The topological polar surface area (TPSA) is 63.2 Å². The van der Waals surface area contributed by atoms with Gasteiger partial charge < -0.3 is 15.0 Å². The predicted molar refractivity (Wildman–Crippen MR) is 155 cm³/mol. The maximum absolute atomic E-state index is 15.1. The first-order valence-corrected chi connectivity index (χ1v) is 13.3. The maximum atomic E-state index is 15.1. The zero-order valence-corrected chi connectivity index (χ0v) is 24.4. The van der Waals surface area contributed by atoms with Crippen LogP contribution in [-0.4, -0.2) is 46.6 Å². The number of benzene rings is 2. The molecule has 0 saturated carbocycles. The lowest BCUT2D eigenvalue weighted by Crippen LogP contribution is -2.28. The average molecular weight is 561 g/mol. The van der Waals surface area contributed by atoms with E-state index >= 15 is 4.39 Å². The van der Waals surface area contributed by atoms with E-state index in [4.69, 9.17) is 4.74 Å². The van der Waals surface area contributed by atoms with Gasteiger partial charge in [-0.2, -0.15) is 0 Å². The minimum atomic E-state index is -0.382. The molecule has 0 spiro atoms. The number of ether oxygens (including phenoxy) is 1. The molecule has 2 aromatic carbocycles. The molecule has 8 heteroatoms. The van der Waals surface area contributed by atoms with Gasteiger partial charge in [-0.3, -0.25) is 4.98 Å². The summed E-state index contributed by atoms with van der Waals surface area (Å²) < 4.78 is 22.1. The first-order chi connectivity index (χ1) is 17.4. The summed E-state index contributed by atoms with van der Waals surface area (Å²) in [6.07, 6.45) is 3.03. The summed E-state index contributed by atoms with van der Waals surface area (Å²) in [6, 6.07) is 10.6. The van der Waals surface area contributed by atoms with Crippen LogP contribution >= 0.6 is 15.9 Å². The van der Waals surface area contributed by atoms with Crippen molar-refractivity contribution in [3.05, 3.63) is 59.2 Å². The highest BCUT2D eigenvalue weighted by atomic mass is 79.9. The number of likely N-dealkylation sites (N-methyl/N-ethyl adjacent to an activating group) is 1. The normalized spacial score (nSPS) is 10.9. The van der Waals surface area contributed by atoms with Crippen LogP contribution < -0.4 is 10.1 Å². The van der Waals surface area contributed by atoms with E-state index in [0.29, 0.717) is 39.1 Å². The van der Waals surface area contributed by atoms with Gasteiger partial charge in [0.15, 0.2) is 5.82 Å². The Labute approximate surface area is 223 Å². The highest BCUT2D eigenvalue weighted by Crippen LogP contribution is 2.36. The molecule has 196 valence electrons. The molecule has 6 nitrogen and oxygen atoms in total. The second kappa shape index (κ2) is 16.0. The van der Waals surface area contributed by atoms with Crippen LogP contribution in [0.15, 0.2) is 53.4 Å². The van der Waals surface area contributed by atoms with Gasteiger partial charge in [0.05, 0.1) is 22.1 Å². The van der Waals surface area contributed by atoms with Crippen LogP contribution in [0.4, 0.5) is 15.9 Å². The van der Waals surface area contributed by atoms with Crippen molar-refractivity contribution < 1.29 is 9.13 Å². The van der Waals surface area contributed by atoms with Crippen LogP contribution in [0.2, 0.25) is 0 Å². The Balaban J connectivity index is 0.00000101. The standard InChI is InChI=1S/C22H21BrFN5O.3C2H6/c1-13(11-29(2)3)30-19-10-14(23)9-18-20(19)22(27-12-26-18)28-17-7-6-16-15(21(17)24)5-4-8-25-16;3*1-2/h4-10,12-13H,11H2,1-3H3,(H,26,27,28);3*1-2H3. The number of aromatic nitrogens is 3. The van der Waals surface area contributed by atoms with Crippen molar-refractivity contribution in [3.63, 3.8) is 0 Å². The van der Waals surface area contributed by atoms with Crippen molar-refractivity contribution in [1.82, 2.24) is 19.9 Å². The van der Waals surface area contributed by atoms with Gasteiger partial charge in [-0.05, 0) is 57.4 Å². The van der Waals surface area contributed by atoms with Crippen molar-refractivity contribution in [2.45, 2.75) is 54.6 Å². The van der Waals surface area contributed by atoms with Gasteiger partial charge in [-0.15, -0.1) is 0 Å². The molecule has 36 heavy (non-hydrogen) atoms. The molecule has 2 heterocycles. The van der Waals surface area contributed by atoms with Crippen LogP contribution in [0.25, 0.3) is 21.8 Å². The Morgan fingerprint density at radius 3 is 2.33 bits per heavy atom. The highest BCUT2D eigenvalue weighted by molar-refractivity contribution is 9.10. The van der Waals surface area contributed by atoms with Gasteiger partial charge in [-0.25, -0.2) is 14.4 Å². The molecule has 4 rings (SSSR count). The molecule has 0 bridgehead atoms. The summed E-state index contributed by atoms with van der Waals surface area (Å²) in [4.78, 5) is 15.0. The van der Waals surface area contributed by atoms with E-state index in [-0.39, 0.29) is 11.9 Å². The van der Waals surface area contributed by atoms with E-state index < -0.39 is 0 Å². The fourth-order valence-corrected chi connectivity index (χ4v) is 3.84. The molecule has 1 unspecified atom stereocenters. The van der Waals surface area contributed by atoms with Crippen molar-refractivity contribution in [2.24, 2.45) is 0 Å². The molecular weight excluding hydrogens is 521 g/mol. The van der Waals surface area contributed by atoms with Crippen LogP contribution in [-0.2, 0) is 0 Å². The number of nitrogens with zero attached hydrogens (tertiary/aromatic N) is 4. The Bertz CT molecular complexity index is 1220. The van der Waals surface area contributed by atoms with Gasteiger partial charge in [0.25, 0.3) is 0 Å². The quantitative estimate of drug-likeness (QED) is 0.256. The van der Waals surface area contributed by atoms with Crippen molar-refractivity contribution in [1.29, 1.82) is 0 Å². The largest absolute Gasteiger partial charge is 0.488 e. The van der Waals surface area contributed by atoms with E-state index in [2.05, 4.69) is 41.1 Å². The molecule has 0 fully saturated rings. The van der Waals surface area contributed by atoms with Crippen LogP contribution in [0, 0.1) is 5.82 Å². The van der Waals surface area contributed by atoms with Crippen LogP contribution in [0.1, 0.15) is 48.5 Å². The smallest absolute Gasteiger partial charge is 0.156 e. The van der Waals surface area contributed by atoms with E-state index in [1.807, 2.05) is 74.7 Å². The fourth-order valence-electron chi connectivity index (χ4n) is 3.42. The lowest BCUT2D eigenvalue weighted by molar-refractivity contribution is 0.179. The molecule has 0 aliphatic carbocycles. The highest BCUT2D eigenvalue weighted by Gasteiger charge is 2.17. The zero-order valence-electron chi connectivity index (χ0n) is 22.9. The third-order valence-electron chi connectivity index (χ3n) is 4.59. The summed E-state index contributed by atoms with van der Waals surface area (Å²) in [6.45, 7) is 14.7. The van der Waals surface area contributed by atoms with E-state index in [9.17, 15) is 0 Å². The second-order valence-electron chi connectivity index (χ2n) is 7.33. The predicted octanol–water partition coefficient (Wildman–Crippen LogP) is 8.23. The van der Waals surface area contributed by atoms with Gasteiger partial charge in [0.1, 0.15) is 24.0 Å². The van der Waals surface area contributed by atoms with Crippen molar-refractivity contribution in [2.75, 3.05) is 26.0 Å². The Morgan fingerprint density at radius 1 is 0.972 bits per heavy atom. The summed E-state index contributed by atoms with van der Waals surface area (Å²) in [7, 11) is 3.98. The van der Waals surface area contributed by atoms with Crippen LogP contribution in [0.3, 0.4) is 0 Å². The first kappa shape index (κ1) is 31.2. The third kappa shape index (κ3) is 8.10. The Hall–Kier alpha value is -2.84. The minimum Gasteiger partial charge on any atom is -0.488 e. The number of pyridine rings is 1. The number of fused-ring (bicyclic) bond motifs is 2. The molecular formula is C28H39BrFN5O. The zero-order chi connectivity index (χ0) is 27.3. The number of hydrogen-bond donors (Lipinski definition) is 1. The summed E-state index contributed by atoms with van der Waals surface area (Å²) in [5.74, 6) is 0.717. The minimum absolute atomic E-state index is 0.0611. The number of hydrogen-bond acceptors (Lipinski definition) is 6. The SMILES string of the molecule is CC.CC.CC.CC(CN(C)C)Oc1cc(Br)cc2ncnc(Nc3ccc4ncccc4c3F)c12. The van der Waals surface area contributed by atoms with Crippen LogP contribution in [0.5, 0.6) is 5.75 Å². The van der Waals surface area contributed by atoms with Gasteiger partial charge in [-0.1, -0.05) is 57.5 Å². The molecule has 0 amide bonds.